The normalized spacial score (nSPS) is 28.0. The maximum Gasteiger partial charge on any atom is 0.341 e. The molecule has 2 heterocycles. The molecular weight excluding hydrogens is 516 g/mol. The molecule has 0 saturated heterocycles. The SMILES string of the molecule is CCn1c(CC23CC4CC(CC(C4)C2)C3)nnc1SCC(=O)Nc1sc2c(c1C(=O)OC)CCCCCC2. The van der Waals surface area contributed by atoms with Crippen molar-refractivity contribution in [3.05, 3.63) is 21.8 Å². The van der Waals surface area contributed by atoms with E-state index in [1.807, 2.05) is 0 Å². The van der Waals surface area contributed by atoms with Crippen molar-refractivity contribution >= 4 is 40.0 Å². The van der Waals surface area contributed by atoms with Gasteiger partial charge in [-0.3, -0.25) is 4.79 Å². The Morgan fingerprint density at radius 1 is 1.05 bits per heavy atom. The van der Waals surface area contributed by atoms with E-state index in [0.717, 1.165) is 72.9 Å². The van der Waals surface area contributed by atoms with E-state index in [1.165, 1.54) is 75.1 Å². The smallest absolute Gasteiger partial charge is 0.341 e. The second-order valence-corrected chi connectivity index (χ2v) is 14.2. The summed E-state index contributed by atoms with van der Waals surface area (Å²) in [6.07, 6.45) is 15.8. The van der Waals surface area contributed by atoms with E-state index in [9.17, 15) is 9.59 Å². The van der Waals surface area contributed by atoms with Crippen molar-refractivity contribution in [3.63, 3.8) is 0 Å². The van der Waals surface area contributed by atoms with Crippen LogP contribution in [0.3, 0.4) is 0 Å². The number of ether oxygens (including phenoxy) is 1. The summed E-state index contributed by atoms with van der Waals surface area (Å²) in [6.45, 7) is 2.95. The number of methoxy groups -OCH3 is 1. The summed E-state index contributed by atoms with van der Waals surface area (Å²) in [5, 5.41) is 13.6. The van der Waals surface area contributed by atoms with Crippen LogP contribution in [-0.2, 0) is 35.3 Å². The highest BCUT2D eigenvalue weighted by Crippen LogP contribution is 2.61. The molecule has 0 spiro atoms. The van der Waals surface area contributed by atoms with E-state index in [2.05, 4.69) is 27.0 Å². The van der Waals surface area contributed by atoms with Crippen LogP contribution in [0.5, 0.6) is 0 Å². The van der Waals surface area contributed by atoms with Crippen molar-refractivity contribution in [1.29, 1.82) is 0 Å². The molecule has 4 bridgehead atoms. The first-order valence-corrected chi connectivity index (χ1v) is 16.3. The van der Waals surface area contributed by atoms with Crippen LogP contribution >= 0.6 is 23.1 Å². The lowest BCUT2D eigenvalue weighted by Crippen LogP contribution is -2.47. The Bertz CT molecular complexity index is 1170. The Kier molecular flexibility index (Phi) is 7.60. The first-order chi connectivity index (χ1) is 18.5. The summed E-state index contributed by atoms with van der Waals surface area (Å²) in [7, 11) is 1.41. The topological polar surface area (TPSA) is 86.1 Å². The molecule has 1 amide bonds. The van der Waals surface area contributed by atoms with Crippen LogP contribution < -0.4 is 5.32 Å². The van der Waals surface area contributed by atoms with Crippen molar-refractivity contribution in [1.82, 2.24) is 14.8 Å². The molecule has 206 valence electrons. The predicted octanol–water partition coefficient (Wildman–Crippen LogP) is 6.29. The summed E-state index contributed by atoms with van der Waals surface area (Å²) < 4.78 is 7.32. The summed E-state index contributed by atoms with van der Waals surface area (Å²) >= 11 is 2.99. The van der Waals surface area contributed by atoms with Gasteiger partial charge in [-0.05, 0) is 99.9 Å². The number of nitrogens with zero attached hydrogens (tertiary/aromatic N) is 3. The highest BCUT2D eigenvalue weighted by Gasteiger charge is 2.51. The van der Waals surface area contributed by atoms with E-state index < -0.39 is 0 Å². The van der Waals surface area contributed by atoms with Gasteiger partial charge in [-0.2, -0.15) is 0 Å². The second kappa shape index (κ2) is 11.0. The summed E-state index contributed by atoms with van der Waals surface area (Å²) in [5.41, 5.74) is 2.04. The Morgan fingerprint density at radius 3 is 2.39 bits per heavy atom. The van der Waals surface area contributed by atoms with Crippen LogP contribution in [0.2, 0.25) is 0 Å². The first-order valence-electron chi connectivity index (χ1n) is 14.5. The number of hydrogen-bond acceptors (Lipinski definition) is 7. The highest BCUT2D eigenvalue weighted by atomic mass is 32.2. The minimum Gasteiger partial charge on any atom is -0.465 e. The lowest BCUT2D eigenvalue weighted by atomic mass is 9.49. The average Bonchev–Trinajstić information content (AvgIpc) is 3.40. The third kappa shape index (κ3) is 5.17. The molecule has 7 nitrogen and oxygen atoms in total. The van der Waals surface area contributed by atoms with Gasteiger partial charge in [0.25, 0.3) is 0 Å². The Morgan fingerprint density at radius 2 is 1.74 bits per heavy atom. The number of fused-ring (bicyclic) bond motifs is 1. The number of carbonyl (C=O) groups excluding carboxylic acids is 2. The minimum atomic E-state index is -0.355. The third-order valence-electron chi connectivity index (χ3n) is 9.45. The molecule has 2 aromatic heterocycles. The van der Waals surface area contributed by atoms with Crippen molar-refractivity contribution in [3.8, 4) is 0 Å². The number of rotatable bonds is 8. The molecule has 0 aliphatic heterocycles. The summed E-state index contributed by atoms with van der Waals surface area (Å²) in [5.74, 6) is 3.60. The lowest BCUT2D eigenvalue weighted by Gasteiger charge is -2.56. The van der Waals surface area contributed by atoms with E-state index in [0.29, 0.717) is 16.0 Å². The molecule has 1 N–H and O–H groups in total. The molecule has 0 unspecified atom stereocenters. The largest absolute Gasteiger partial charge is 0.465 e. The number of esters is 1. The maximum absolute atomic E-state index is 13.1. The van der Waals surface area contributed by atoms with E-state index in [1.54, 1.807) is 11.3 Å². The number of aryl methyl sites for hydroxylation is 1. The van der Waals surface area contributed by atoms with Crippen LogP contribution in [0.4, 0.5) is 5.00 Å². The van der Waals surface area contributed by atoms with Gasteiger partial charge in [-0.25, -0.2) is 4.79 Å². The Hall–Kier alpha value is -1.87. The number of thioether (sulfide) groups is 1. The van der Waals surface area contributed by atoms with E-state index in [4.69, 9.17) is 4.74 Å². The van der Waals surface area contributed by atoms with Crippen molar-refractivity contribution in [2.75, 3.05) is 18.2 Å². The Balaban J connectivity index is 1.13. The van der Waals surface area contributed by atoms with Crippen LogP contribution in [0.1, 0.15) is 97.8 Å². The van der Waals surface area contributed by atoms with Gasteiger partial charge in [0.15, 0.2) is 5.16 Å². The first kappa shape index (κ1) is 26.4. The zero-order valence-electron chi connectivity index (χ0n) is 22.7. The molecule has 5 aliphatic carbocycles. The maximum atomic E-state index is 13.1. The van der Waals surface area contributed by atoms with Crippen LogP contribution in [0.25, 0.3) is 0 Å². The van der Waals surface area contributed by atoms with Crippen LogP contribution in [0.15, 0.2) is 5.16 Å². The number of amides is 1. The molecule has 38 heavy (non-hydrogen) atoms. The quantitative estimate of drug-likeness (QED) is 0.304. The fourth-order valence-corrected chi connectivity index (χ4v) is 10.4. The lowest BCUT2D eigenvalue weighted by molar-refractivity contribution is -0.113. The van der Waals surface area contributed by atoms with Crippen molar-refractivity contribution in [2.45, 2.75) is 102 Å². The van der Waals surface area contributed by atoms with Crippen LogP contribution in [-0.4, -0.2) is 39.5 Å². The van der Waals surface area contributed by atoms with Crippen molar-refractivity contribution in [2.24, 2.45) is 23.2 Å². The van der Waals surface area contributed by atoms with Gasteiger partial charge in [0, 0.05) is 17.8 Å². The third-order valence-corrected chi connectivity index (χ3v) is 11.6. The van der Waals surface area contributed by atoms with E-state index >= 15 is 0 Å². The number of anilines is 1. The number of hydrogen-bond donors (Lipinski definition) is 1. The average molecular weight is 557 g/mol. The molecule has 4 saturated carbocycles. The molecule has 0 aromatic carbocycles. The number of nitrogens with one attached hydrogen (secondary N) is 1. The van der Waals surface area contributed by atoms with Gasteiger partial charge < -0.3 is 14.6 Å². The van der Waals surface area contributed by atoms with Gasteiger partial charge in [0.1, 0.15) is 10.8 Å². The number of carbonyl (C=O) groups is 2. The number of thiophene rings is 1. The van der Waals surface area contributed by atoms with Gasteiger partial charge in [0.2, 0.25) is 5.91 Å². The minimum absolute atomic E-state index is 0.123. The zero-order chi connectivity index (χ0) is 26.3. The van der Waals surface area contributed by atoms with E-state index in [-0.39, 0.29) is 17.6 Å². The molecule has 0 atom stereocenters. The molecule has 7 rings (SSSR count). The van der Waals surface area contributed by atoms with Gasteiger partial charge in [-0.1, -0.05) is 24.6 Å². The molecule has 9 heteroatoms. The standard InChI is InChI=1S/C29H40N4O3S2/c1-3-33-23(16-29-13-18-10-19(14-29)12-20(11-18)15-29)31-32-28(33)37-17-24(34)30-26-25(27(35)36-2)21-8-6-4-5-7-9-22(21)38-26/h18-20H,3-17H2,1-2H3,(H,30,34). The molecule has 5 aliphatic rings. The monoisotopic (exact) mass is 556 g/mol. The molecular formula is C29H40N4O3S2. The molecule has 0 radical (unpaired) electrons. The Labute approximate surface area is 233 Å². The summed E-state index contributed by atoms with van der Waals surface area (Å²) in [6, 6.07) is 0. The van der Waals surface area contributed by atoms with Crippen LogP contribution in [0, 0.1) is 23.2 Å². The second-order valence-electron chi connectivity index (χ2n) is 12.2. The van der Waals surface area contributed by atoms with Gasteiger partial charge >= 0.3 is 5.97 Å². The highest BCUT2D eigenvalue weighted by molar-refractivity contribution is 7.99. The van der Waals surface area contributed by atoms with Gasteiger partial charge in [0.05, 0.1) is 18.4 Å². The van der Waals surface area contributed by atoms with Gasteiger partial charge in [-0.15, -0.1) is 21.5 Å². The zero-order valence-corrected chi connectivity index (χ0v) is 24.4. The van der Waals surface area contributed by atoms with Crippen molar-refractivity contribution < 1.29 is 14.3 Å². The molecule has 4 fully saturated rings. The summed E-state index contributed by atoms with van der Waals surface area (Å²) in [4.78, 5) is 27.0. The fraction of sp³-hybridized carbons (Fsp3) is 0.724. The predicted molar refractivity (Wildman–Crippen MR) is 151 cm³/mol. The fourth-order valence-electron chi connectivity index (χ4n) is 8.33. The molecule has 2 aromatic rings. The number of aromatic nitrogens is 3.